The fraction of sp³-hybridized carbons (Fsp3) is 0.500. The van der Waals surface area contributed by atoms with Gasteiger partial charge in [0.25, 0.3) is 0 Å². The zero-order valence-electron chi connectivity index (χ0n) is 16.4. The Labute approximate surface area is 161 Å². The van der Waals surface area contributed by atoms with E-state index in [9.17, 15) is 8.42 Å². The predicted molar refractivity (Wildman–Crippen MR) is 104 cm³/mol. The first-order chi connectivity index (χ1) is 12.8. The molecule has 1 saturated heterocycles. The minimum atomic E-state index is -3.62. The lowest BCUT2D eigenvalue weighted by molar-refractivity contribution is 0.0127. The van der Waals surface area contributed by atoms with Crippen molar-refractivity contribution in [2.45, 2.75) is 38.6 Å². The summed E-state index contributed by atoms with van der Waals surface area (Å²) >= 11 is 0. The zero-order chi connectivity index (χ0) is 19.6. The van der Waals surface area contributed by atoms with Gasteiger partial charge in [-0.1, -0.05) is 17.7 Å². The van der Waals surface area contributed by atoms with Crippen molar-refractivity contribution in [3.05, 3.63) is 52.5 Å². The summed E-state index contributed by atoms with van der Waals surface area (Å²) in [6, 6.07) is 7.47. The van der Waals surface area contributed by atoms with Crippen LogP contribution in [-0.2, 0) is 14.8 Å². The molecule has 6 nitrogen and oxygen atoms in total. The fourth-order valence-electron chi connectivity index (χ4n) is 3.78. The SMILES string of the molecule is Cc1cc(C)c(S(=O)(=O)NCC(c2ccc(C)o2)N2CCOCC2)c(C)c1. The highest BCUT2D eigenvalue weighted by molar-refractivity contribution is 7.89. The molecular formula is C20H28N2O4S. The van der Waals surface area contributed by atoms with Crippen LogP contribution in [0.1, 0.15) is 34.3 Å². The van der Waals surface area contributed by atoms with Gasteiger partial charge in [0.1, 0.15) is 11.5 Å². The van der Waals surface area contributed by atoms with Gasteiger partial charge in [-0.2, -0.15) is 0 Å². The molecule has 1 aromatic heterocycles. The molecule has 1 unspecified atom stereocenters. The summed E-state index contributed by atoms with van der Waals surface area (Å²) in [7, 11) is -3.62. The van der Waals surface area contributed by atoms with Crippen LogP contribution in [-0.4, -0.2) is 46.2 Å². The van der Waals surface area contributed by atoms with E-state index in [1.807, 2.05) is 52.0 Å². The van der Waals surface area contributed by atoms with Gasteiger partial charge in [-0.15, -0.1) is 0 Å². The van der Waals surface area contributed by atoms with Crippen molar-refractivity contribution in [1.82, 2.24) is 9.62 Å². The molecule has 0 saturated carbocycles. The van der Waals surface area contributed by atoms with E-state index in [0.717, 1.165) is 41.3 Å². The summed E-state index contributed by atoms with van der Waals surface area (Å²) in [5.74, 6) is 1.59. The minimum Gasteiger partial charge on any atom is -0.465 e. The minimum absolute atomic E-state index is 0.163. The van der Waals surface area contributed by atoms with Crippen LogP contribution in [0.15, 0.2) is 33.6 Å². The summed E-state index contributed by atoms with van der Waals surface area (Å²) in [4.78, 5) is 2.57. The first kappa shape index (κ1) is 20.1. The lowest BCUT2D eigenvalue weighted by Gasteiger charge is -2.33. The van der Waals surface area contributed by atoms with Crippen LogP contribution in [0.4, 0.5) is 0 Å². The standard InChI is InChI=1S/C20H28N2O4S/c1-14-11-15(2)20(16(3)12-14)27(23,24)21-13-18(19-6-5-17(4)26-19)22-7-9-25-10-8-22/h5-6,11-12,18,21H,7-10,13H2,1-4H3. The normalized spacial score (nSPS) is 17.2. The molecular weight excluding hydrogens is 364 g/mol. The summed E-state index contributed by atoms with van der Waals surface area (Å²) in [6.45, 7) is 10.6. The molecule has 1 N–H and O–H groups in total. The number of sulfonamides is 1. The van der Waals surface area contributed by atoms with Gasteiger partial charge in [0.2, 0.25) is 10.0 Å². The number of morpholine rings is 1. The van der Waals surface area contributed by atoms with E-state index in [0.29, 0.717) is 18.1 Å². The molecule has 0 amide bonds. The molecule has 1 aliphatic heterocycles. The molecule has 2 aromatic rings. The second kappa shape index (κ2) is 8.14. The molecule has 0 radical (unpaired) electrons. The van der Waals surface area contributed by atoms with Gasteiger partial charge in [-0.05, 0) is 51.0 Å². The number of hydrogen-bond acceptors (Lipinski definition) is 5. The lowest BCUT2D eigenvalue weighted by Crippen LogP contribution is -2.43. The topological polar surface area (TPSA) is 71.8 Å². The van der Waals surface area contributed by atoms with Crippen LogP contribution >= 0.6 is 0 Å². The van der Waals surface area contributed by atoms with Gasteiger partial charge in [-0.3, -0.25) is 4.90 Å². The monoisotopic (exact) mass is 392 g/mol. The maximum absolute atomic E-state index is 13.0. The Morgan fingerprint density at radius 1 is 1.07 bits per heavy atom. The lowest BCUT2D eigenvalue weighted by atomic mass is 10.1. The van der Waals surface area contributed by atoms with Gasteiger partial charge in [-0.25, -0.2) is 13.1 Å². The Kier molecular flexibility index (Phi) is 6.05. The summed E-state index contributed by atoms with van der Waals surface area (Å²) in [5.41, 5.74) is 2.58. The van der Waals surface area contributed by atoms with E-state index < -0.39 is 10.0 Å². The number of aryl methyl sites for hydroxylation is 4. The van der Waals surface area contributed by atoms with Gasteiger partial charge in [0.15, 0.2) is 0 Å². The first-order valence-electron chi connectivity index (χ1n) is 9.23. The van der Waals surface area contributed by atoms with Crippen molar-refractivity contribution < 1.29 is 17.6 Å². The average molecular weight is 393 g/mol. The molecule has 148 valence electrons. The van der Waals surface area contributed by atoms with Crippen LogP contribution in [0.2, 0.25) is 0 Å². The average Bonchev–Trinajstić information content (AvgIpc) is 3.01. The molecule has 3 rings (SSSR count). The van der Waals surface area contributed by atoms with E-state index in [1.165, 1.54) is 0 Å². The molecule has 7 heteroatoms. The Morgan fingerprint density at radius 2 is 1.70 bits per heavy atom. The quantitative estimate of drug-likeness (QED) is 0.818. The van der Waals surface area contributed by atoms with Crippen LogP contribution in [0, 0.1) is 27.7 Å². The maximum Gasteiger partial charge on any atom is 0.241 e. The number of nitrogens with zero attached hydrogens (tertiary/aromatic N) is 1. The van der Waals surface area contributed by atoms with Crippen molar-refractivity contribution in [1.29, 1.82) is 0 Å². The van der Waals surface area contributed by atoms with Gasteiger partial charge in [0, 0.05) is 19.6 Å². The number of ether oxygens (including phenoxy) is 1. The van der Waals surface area contributed by atoms with E-state index >= 15 is 0 Å². The molecule has 0 bridgehead atoms. The van der Waals surface area contributed by atoms with E-state index in [-0.39, 0.29) is 12.6 Å². The third-order valence-electron chi connectivity index (χ3n) is 4.92. The Hall–Kier alpha value is -1.67. The van der Waals surface area contributed by atoms with Crippen LogP contribution < -0.4 is 4.72 Å². The van der Waals surface area contributed by atoms with Crippen LogP contribution in [0.25, 0.3) is 0 Å². The second-order valence-electron chi connectivity index (χ2n) is 7.19. The van der Waals surface area contributed by atoms with Crippen molar-refractivity contribution in [3.8, 4) is 0 Å². The first-order valence-corrected chi connectivity index (χ1v) is 10.7. The van der Waals surface area contributed by atoms with Crippen LogP contribution in [0.3, 0.4) is 0 Å². The fourth-order valence-corrected chi connectivity index (χ4v) is 5.27. The summed E-state index contributed by atoms with van der Waals surface area (Å²) in [6.07, 6.45) is 0. The van der Waals surface area contributed by atoms with Gasteiger partial charge in [0.05, 0.1) is 24.2 Å². The van der Waals surface area contributed by atoms with Gasteiger partial charge < -0.3 is 9.15 Å². The largest absolute Gasteiger partial charge is 0.465 e. The zero-order valence-corrected chi connectivity index (χ0v) is 17.2. The molecule has 27 heavy (non-hydrogen) atoms. The van der Waals surface area contributed by atoms with Crippen LogP contribution in [0.5, 0.6) is 0 Å². The smallest absolute Gasteiger partial charge is 0.241 e. The number of benzene rings is 1. The van der Waals surface area contributed by atoms with Crippen molar-refractivity contribution in [3.63, 3.8) is 0 Å². The highest BCUT2D eigenvalue weighted by atomic mass is 32.2. The van der Waals surface area contributed by atoms with E-state index in [4.69, 9.17) is 9.15 Å². The van der Waals surface area contributed by atoms with Gasteiger partial charge >= 0.3 is 0 Å². The number of rotatable bonds is 6. The third-order valence-corrected chi connectivity index (χ3v) is 6.64. The molecule has 1 aromatic carbocycles. The van der Waals surface area contributed by atoms with Crippen molar-refractivity contribution in [2.75, 3.05) is 32.8 Å². The number of hydrogen-bond donors (Lipinski definition) is 1. The highest BCUT2D eigenvalue weighted by Crippen LogP contribution is 2.26. The molecule has 1 fully saturated rings. The Balaban J connectivity index is 1.84. The summed E-state index contributed by atoms with van der Waals surface area (Å²) in [5, 5.41) is 0. The third kappa shape index (κ3) is 4.60. The number of nitrogens with one attached hydrogen (secondary N) is 1. The number of furan rings is 1. The summed E-state index contributed by atoms with van der Waals surface area (Å²) < 4.78 is 40.1. The molecule has 0 spiro atoms. The second-order valence-corrected chi connectivity index (χ2v) is 8.90. The van der Waals surface area contributed by atoms with Crippen molar-refractivity contribution in [2.24, 2.45) is 0 Å². The van der Waals surface area contributed by atoms with E-state index in [2.05, 4.69) is 9.62 Å². The maximum atomic E-state index is 13.0. The Morgan fingerprint density at radius 3 is 2.26 bits per heavy atom. The molecule has 2 heterocycles. The highest BCUT2D eigenvalue weighted by Gasteiger charge is 2.28. The molecule has 0 aliphatic carbocycles. The molecule has 1 atom stereocenters. The molecule has 1 aliphatic rings. The predicted octanol–water partition coefficient (Wildman–Crippen LogP) is 2.87. The van der Waals surface area contributed by atoms with Crippen molar-refractivity contribution >= 4 is 10.0 Å². The Bertz CT molecular complexity index is 875. The van der Waals surface area contributed by atoms with E-state index in [1.54, 1.807) is 0 Å².